The van der Waals surface area contributed by atoms with Crippen molar-refractivity contribution in [2.75, 3.05) is 0 Å². The third-order valence-electron chi connectivity index (χ3n) is 4.64. The van der Waals surface area contributed by atoms with Gasteiger partial charge in [0.1, 0.15) is 0 Å². The maximum Gasteiger partial charge on any atom is 0.248 e. The molecule has 0 aromatic rings. The average molecular weight is 262 g/mol. The molecule has 2 rings (SSSR count). The quantitative estimate of drug-likeness (QED) is 0.819. The molecule has 2 N–H and O–H groups in total. The summed E-state index contributed by atoms with van der Waals surface area (Å²) in [5.74, 6) is -2.72. The zero-order valence-electron chi connectivity index (χ0n) is 10.9. The van der Waals surface area contributed by atoms with Crippen LogP contribution >= 0.6 is 0 Å². The van der Waals surface area contributed by atoms with Crippen LogP contribution in [0.1, 0.15) is 64.2 Å². The summed E-state index contributed by atoms with van der Waals surface area (Å²) in [5, 5.41) is 20.5. The van der Waals surface area contributed by atoms with Crippen molar-refractivity contribution in [3.63, 3.8) is 0 Å². The van der Waals surface area contributed by atoms with E-state index in [-0.39, 0.29) is 18.8 Å². The van der Waals surface area contributed by atoms with E-state index in [0.29, 0.717) is 25.7 Å². The van der Waals surface area contributed by atoms with Crippen molar-refractivity contribution in [2.24, 2.45) is 5.92 Å². The van der Waals surface area contributed by atoms with Gasteiger partial charge in [0.05, 0.1) is 11.7 Å². The maximum atomic E-state index is 13.3. The first-order valence-electron chi connectivity index (χ1n) is 7.20. The van der Waals surface area contributed by atoms with Crippen LogP contribution in [0.5, 0.6) is 0 Å². The zero-order chi connectivity index (χ0) is 13.2. The predicted octanol–water partition coefficient (Wildman–Crippen LogP) is 3.26. The van der Waals surface area contributed by atoms with Crippen LogP contribution in [0.3, 0.4) is 0 Å². The van der Waals surface area contributed by atoms with Gasteiger partial charge in [0, 0.05) is 12.8 Å². The van der Waals surface area contributed by atoms with Crippen LogP contribution in [0, 0.1) is 5.92 Å². The zero-order valence-corrected chi connectivity index (χ0v) is 10.9. The summed E-state index contributed by atoms with van der Waals surface area (Å²) >= 11 is 0. The molecule has 0 spiro atoms. The molecule has 106 valence electrons. The minimum absolute atomic E-state index is 0.0239. The number of hydrogen-bond donors (Lipinski definition) is 2. The van der Waals surface area contributed by atoms with Crippen molar-refractivity contribution in [1.82, 2.24) is 0 Å². The lowest BCUT2D eigenvalue weighted by Gasteiger charge is -2.39. The van der Waals surface area contributed by atoms with Gasteiger partial charge in [-0.15, -0.1) is 0 Å². The van der Waals surface area contributed by atoms with Crippen LogP contribution in [0.25, 0.3) is 0 Å². The second kappa shape index (κ2) is 5.41. The smallest absolute Gasteiger partial charge is 0.248 e. The molecule has 0 aliphatic heterocycles. The summed E-state index contributed by atoms with van der Waals surface area (Å²) in [6.45, 7) is 0. The molecule has 2 fully saturated rings. The third kappa shape index (κ3) is 3.41. The fourth-order valence-electron chi connectivity index (χ4n) is 3.51. The molecule has 0 heterocycles. The van der Waals surface area contributed by atoms with Gasteiger partial charge >= 0.3 is 0 Å². The van der Waals surface area contributed by atoms with E-state index in [1.807, 2.05) is 0 Å². The monoisotopic (exact) mass is 262 g/mol. The summed E-state index contributed by atoms with van der Waals surface area (Å²) in [6.07, 6.45) is 4.78. The van der Waals surface area contributed by atoms with Gasteiger partial charge < -0.3 is 10.2 Å². The van der Waals surface area contributed by atoms with Crippen molar-refractivity contribution < 1.29 is 19.0 Å². The average Bonchev–Trinajstić information content (AvgIpc) is 2.28. The lowest BCUT2D eigenvalue weighted by Crippen LogP contribution is -2.45. The Morgan fingerprint density at radius 2 is 1.72 bits per heavy atom. The second-order valence-electron chi connectivity index (χ2n) is 6.23. The molecule has 4 heteroatoms. The van der Waals surface area contributed by atoms with E-state index in [9.17, 15) is 19.0 Å². The van der Waals surface area contributed by atoms with E-state index in [1.54, 1.807) is 0 Å². The van der Waals surface area contributed by atoms with E-state index in [2.05, 4.69) is 0 Å². The van der Waals surface area contributed by atoms with E-state index in [4.69, 9.17) is 0 Å². The van der Waals surface area contributed by atoms with E-state index in [0.717, 1.165) is 25.7 Å². The van der Waals surface area contributed by atoms with Gasteiger partial charge in [0.25, 0.3) is 0 Å². The van der Waals surface area contributed by atoms with Crippen molar-refractivity contribution in [2.45, 2.75) is 81.8 Å². The van der Waals surface area contributed by atoms with Crippen molar-refractivity contribution >= 4 is 0 Å². The van der Waals surface area contributed by atoms with E-state index in [1.165, 1.54) is 0 Å². The van der Waals surface area contributed by atoms with Crippen LogP contribution in [0.15, 0.2) is 0 Å². The van der Waals surface area contributed by atoms with Crippen LogP contribution in [-0.2, 0) is 0 Å². The number of aliphatic hydroxyl groups is 2. The van der Waals surface area contributed by atoms with E-state index >= 15 is 0 Å². The van der Waals surface area contributed by atoms with E-state index < -0.39 is 17.6 Å². The third-order valence-corrected chi connectivity index (χ3v) is 4.64. The Balaban J connectivity index is 1.88. The normalized spacial score (nSPS) is 33.0. The van der Waals surface area contributed by atoms with Gasteiger partial charge in [0.2, 0.25) is 5.92 Å². The fraction of sp³-hybridized carbons (Fsp3) is 1.00. The Morgan fingerprint density at radius 3 is 2.33 bits per heavy atom. The van der Waals surface area contributed by atoms with Crippen molar-refractivity contribution in [3.05, 3.63) is 0 Å². The van der Waals surface area contributed by atoms with Gasteiger partial charge in [0.15, 0.2) is 0 Å². The molecule has 0 saturated heterocycles. The van der Waals surface area contributed by atoms with Gasteiger partial charge in [-0.1, -0.05) is 19.3 Å². The highest BCUT2D eigenvalue weighted by Gasteiger charge is 2.41. The first-order valence-corrected chi connectivity index (χ1v) is 7.20. The molecule has 0 bridgehead atoms. The Kier molecular flexibility index (Phi) is 4.27. The Morgan fingerprint density at radius 1 is 1.06 bits per heavy atom. The van der Waals surface area contributed by atoms with Gasteiger partial charge in [-0.2, -0.15) is 0 Å². The van der Waals surface area contributed by atoms with Gasteiger partial charge in [-0.3, -0.25) is 0 Å². The summed E-state index contributed by atoms with van der Waals surface area (Å²) < 4.78 is 26.6. The molecule has 2 unspecified atom stereocenters. The number of rotatable bonds is 3. The topological polar surface area (TPSA) is 40.5 Å². The largest absolute Gasteiger partial charge is 0.390 e. The molecule has 0 amide bonds. The summed E-state index contributed by atoms with van der Waals surface area (Å²) in [5.41, 5.74) is -1.02. The molecule has 0 radical (unpaired) electrons. The molecule has 2 atom stereocenters. The van der Waals surface area contributed by atoms with Crippen LogP contribution in [0.2, 0.25) is 0 Å². The molecule has 0 aromatic heterocycles. The Hall–Kier alpha value is -0.220. The molecule has 2 saturated carbocycles. The molecule has 0 aromatic carbocycles. The number of hydrogen-bond acceptors (Lipinski definition) is 2. The van der Waals surface area contributed by atoms with Gasteiger partial charge in [-0.05, 0) is 38.0 Å². The number of alkyl halides is 2. The molecule has 2 aliphatic rings. The highest BCUT2D eigenvalue weighted by Crippen LogP contribution is 2.41. The SMILES string of the molecule is OC(CC1CCCC(F)(F)C1)C1(O)CCCCC1. The Bertz CT molecular complexity index is 275. The highest BCUT2D eigenvalue weighted by atomic mass is 19.3. The first kappa shape index (κ1) is 14.2. The highest BCUT2D eigenvalue weighted by molar-refractivity contribution is 4.91. The fourth-order valence-corrected chi connectivity index (χ4v) is 3.51. The lowest BCUT2D eigenvalue weighted by molar-refractivity contribution is -0.116. The molecular weight excluding hydrogens is 238 g/mol. The molecule has 2 nitrogen and oxygen atoms in total. The maximum absolute atomic E-state index is 13.3. The predicted molar refractivity (Wildman–Crippen MR) is 65.6 cm³/mol. The van der Waals surface area contributed by atoms with Crippen LogP contribution < -0.4 is 0 Å². The van der Waals surface area contributed by atoms with Crippen LogP contribution in [0.4, 0.5) is 8.78 Å². The number of halogens is 2. The summed E-state index contributed by atoms with van der Waals surface area (Å²) in [7, 11) is 0. The second-order valence-corrected chi connectivity index (χ2v) is 6.23. The minimum atomic E-state index is -2.57. The number of aliphatic hydroxyl groups excluding tert-OH is 1. The summed E-state index contributed by atoms with van der Waals surface area (Å²) in [4.78, 5) is 0. The summed E-state index contributed by atoms with van der Waals surface area (Å²) in [6, 6.07) is 0. The van der Waals surface area contributed by atoms with Crippen molar-refractivity contribution in [3.8, 4) is 0 Å². The van der Waals surface area contributed by atoms with Crippen molar-refractivity contribution in [1.29, 1.82) is 0 Å². The first-order chi connectivity index (χ1) is 8.41. The lowest BCUT2D eigenvalue weighted by atomic mass is 9.75. The molecule has 2 aliphatic carbocycles. The van der Waals surface area contributed by atoms with Gasteiger partial charge in [-0.25, -0.2) is 8.78 Å². The minimum Gasteiger partial charge on any atom is -0.390 e. The molecular formula is C14H24F2O2. The standard InChI is InChI=1S/C14H24F2O2/c15-14(16)8-4-5-11(10-14)9-12(17)13(18)6-2-1-3-7-13/h11-12,17-18H,1-10H2. The Labute approximate surface area is 107 Å². The molecule has 18 heavy (non-hydrogen) atoms. The van der Waals surface area contributed by atoms with Crippen LogP contribution in [-0.4, -0.2) is 27.8 Å².